The number of benzene rings is 1. The zero-order valence-corrected chi connectivity index (χ0v) is 12.0. The zero-order valence-electron chi connectivity index (χ0n) is 12.0. The van der Waals surface area contributed by atoms with Crippen molar-refractivity contribution in [2.75, 3.05) is 18.0 Å². The number of nitrogens with zero attached hydrogens (tertiary/aromatic N) is 1. The number of anilines is 1. The van der Waals surface area contributed by atoms with Gasteiger partial charge in [-0.3, -0.25) is 9.69 Å². The lowest BCUT2D eigenvalue weighted by atomic mass is 10.1. The largest absolute Gasteiger partial charge is 0.349 e. The van der Waals surface area contributed by atoms with Crippen LogP contribution in [0, 0.1) is 0 Å². The summed E-state index contributed by atoms with van der Waals surface area (Å²) in [5.74, 6) is -0.0591. The standard InChI is InChI=1S/C15H21N3O2/c1-3-12(4-2)17-14(19)11-5-7-13(8-6-11)18-10-9-16-15(18)20/h5-8,12H,3-4,9-10H2,1-2H3,(H,16,20)(H,17,19). The minimum atomic E-state index is -0.0840. The van der Waals surface area contributed by atoms with Crippen molar-refractivity contribution in [1.82, 2.24) is 10.6 Å². The molecule has 0 radical (unpaired) electrons. The first-order valence-corrected chi connectivity index (χ1v) is 7.12. The molecule has 1 aliphatic heterocycles. The van der Waals surface area contributed by atoms with Crippen molar-refractivity contribution in [3.05, 3.63) is 29.8 Å². The molecule has 2 N–H and O–H groups in total. The average Bonchev–Trinajstić information content (AvgIpc) is 2.91. The summed E-state index contributed by atoms with van der Waals surface area (Å²) in [7, 11) is 0. The molecule has 1 aromatic carbocycles. The molecular weight excluding hydrogens is 254 g/mol. The van der Waals surface area contributed by atoms with Gasteiger partial charge in [0.1, 0.15) is 0 Å². The molecule has 0 aromatic heterocycles. The van der Waals surface area contributed by atoms with Crippen LogP contribution < -0.4 is 15.5 Å². The summed E-state index contributed by atoms with van der Waals surface area (Å²) in [5, 5.41) is 5.75. The molecule has 1 saturated heterocycles. The molecule has 1 heterocycles. The maximum Gasteiger partial charge on any atom is 0.321 e. The van der Waals surface area contributed by atoms with Crippen LogP contribution in [0.25, 0.3) is 0 Å². The molecule has 5 nitrogen and oxygen atoms in total. The van der Waals surface area contributed by atoms with Crippen LogP contribution in [-0.4, -0.2) is 31.1 Å². The van der Waals surface area contributed by atoms with Gasteiger partial charge in [-0.15, -0.1) is 0 Å². The van der Waals surface area contributed by atoms with Gasteiger partial charge in [0.2, 0.25) is 0 Å². The highest BCUT2D eigenvalue weighted by molar-refractivity contribution is 5.97. The van der Waals surface area contributed by atoms with Crippen LogP contribution in [0.15, 0.2) is 24.3 Å². The third-order valence-corrected chi connectivity index (χ3v) is 3.62. The second-order valence-electron chi connectivity index (χ2n) is 4.92. The van der Waals surface area contributed by atoms with Crippen molar-refractivity contribution in [3.8, 4) is 0 Å². The van der Waals surface area contributed by atoms with Gasteiger partial charge in [-0.2, -0.15) is 0 Å². The summed E-state index contributed by atoms with van der Waals surface area (Å²) in [6.07, 6.45) is 1.85. The van der Waals surface area contributed by atoms with Crippen LogP contribution in [0.5, 0.6) is 0 Å². The third-order valence-electron chi connectivity index (χ3n) is 3.62. The molecule has 0 aliphatic carbocycles. The second-order valence-corrected chi connectivity index (χ2v) is 4.92. The molecule has 0 saturated carbocycles. The highest BCUT2D eigenvalue weighted by atomic mass is 16.2. The number of amides is 3. The number of rotatable bonds is 5. The SMILES string of the molecule is CCC(CC)NC(=O)c1ccc(N2CCNC2=O)cc1. The summed E-state index contributed by atoms with van der Waals surface area (Å²) in [5.41, 5.74) is 1.44. The first kappa shape index (κ1) is 14.4. The van der Waals surface area contributed by atoms with Crippen molar-refractivity contribution in [1.29, 1.82) is 0 Å². The van der Waals surface area contributed by atoms with Gasteiger partial charge in [0, 0.05) is 30.4 Å². The van der Waals surface area contributed by atoms with E-state index in [4.69, 9.17) is 0 Å². The van der Waals surface area contributed by atoms with Crippen LogP contribution in [0.1, 0.15) is 37.0 Å². The predicted molar refractivity (Wildman–Crippen MR) is 79.0 cm³/mol. The van der Waals surface area contributed by atoms with E-state index in [2.05, 4.69) is 24.5 Å². The number of urea groups is 1. The fourth-order valence-corrected chi connectivity index (χ4v) is 2.27. The van der Waals surface area contributed by atoms with E-state index in [9.17, 15) is 9.59 Å². The fourth-order valence-electron chi connectivity index (χ4n) is 2.27. The lowest BCUT2D eigenvalue weighted by Crippen LogP contribution is -2.33. The Hall–Kier alpha value is -2.04. The van der Waals surface area contributed by atoms with Gasteiger partial charge in [-0.25, -0.2) is 4.79 Å². The van der Waals surface area contributed by atoms with E-state index in [-0.39, 0.29) is 18.0 Å². The minimum absolute atomic E-state index is 0.0591. The molecule has 1 aromatic rings. The molecule has 1 aliphatic rings. The molecule has 5 heteroatoms. The maximum absolute atomic E-state index is 12.1. The maximum atomic E-state index is 12.1. The van der Waals surface area contributed by atoms with Crippen LogP contribution in [0.2, 0.25) is 0 Å². The zero-order chi connectivity index (χ0) is 14.5. The first-order valence-electron chi connectivity index (χ1n) is 7.12. The quantitative estimate of drug-likeness (QED) is 0.864. The fraction of sp³-hybridized carbons (Fsp3) is 0.467. The molecule has 0 atom stereocenters. The second kappa shape index (κ2) is 6.41. The van der Waals surface area contributed by atoms with Crippen LogP contribution in [0.3, 0.4) is 0 Å². The molecule has 20 heavy (non-hydrogen) atoms. The summed E-state index contributed by atoms with van der Waals surface area (Å²) in [6.45, 7) is 5.45. The van der Waals surface area contributed by atoms with E-state index in [0.717, 1.165) is 18.5 Å². The summed E-state index contributed by atoms with van der Waals surface area (Å²) in [4.78, 5) is 25.3. The number of hydrogen-bond acceptors (Lipinski definition) is 2. The van der Waals surface area contributed by atoms with Crippen molar-refractivity contribution in [2.45, 2.75) is 32.7 Å². The van der Waals surface area contributed by atoms with Crippen LogP contribution in [0.4, 0.5) is 10.5 Å². The first-order chi connectivity index (χ1) is 9.65. The Balaban J connectivity index is 2.04. The van der Waals surface area contributed by atoms with Gasteiger partial charge >= 0.3 is 6.03 Å². The molecule has 3 amide bonds. The van der Waals surface area contributed by atoms with Crippen molar-refractivity contribution in [3.63, 3.8) is 0 Å². The highest BCUT2D eigenvalue weighted by Gasteiger charge is 2.21. The van der Waals surface area contributed by atoms with E-state index in [1.807, 2.05) is 12.1 Å². The normalized spacial score (nSPS) is 14.6. The van der Waals surface area contributed by atoms with Crippen LogP contribution >= 0.6 is 0 Å². The Kier molecular flexibility index (Phi) is 4.61. The molecule has 1 fully saturated rings. The number of hydrogen-bond donors (Lipinski definition) is 2. The van der Waals surface area contributed by atoms with Crippen molar-refractivity contribution in [2.24, 2.45) is 0 Å². The molecule has 108 valence electrons. The Bertz CT molecular complexity index is 480. The smallest absolute Gasteiger partial charge is 0.321 e. The summed E-state index contributed by atoms with van der Waals surface area (Å²) in [6, 6.07) is 7.28. The molecular formula is C15H21N3O2. The molecule has 0 unspecified atom stereocenters. The summed E-state index contributed by atoms with van der Waals surface area (Å²) < 4.78 is 0. The monoisotopic (exact) mass is 275 g/mol. The highest BCUT2D eigenvalue weighted by Crippen LogP contribution is 2.17. The van der Waals surface area contributed by atoms with E-state index in [1.165, 1.54) is 0 Å². The van der Waals surface area contributed by atoms with E-state index in [1.54, 1.807) is 17.0 Å². The number of nitrogens with one attached hydrogen (secondary N) is 2. The van der Waals surface area contributed by atoms with Gasteiger partial charge < -0.3 is 10.6 Å². The summed E-state index contributed by atoms with van der Waals surface area (Å²) >= 11 is 0. The Morgan fingerprint density at radius 3 is 2.45 bits per heavy atom. The topological polar surface area (TPSA) is 61.4 Å². The van der Waals surface area contributed by atoms with Gasteiger partial charge in [-0.1, -0.05) is 13.8 Å². The van der Waals surface area contributed by atoms with Crippen LogP contribution in [-0.2, 0) is 0 Å². The minimum Gasteiger partial charge on any atom is -0.349 e. The molecule has 0 bridgehead atoms. The Morgan fingerprint density at radius 1 is 1.30 bits per heavy atom. The van der Waals surface area contributed by atoms with Gasteiger partial charge in [0.05, 0.1) is 0 Å². The predicted octanol–water partition coefficient (Wildman–Crippen LogP) is 2.13. The lowest BCUT2D eigenvalue weighted by molar-refractivity contribution is 0.0935. The molecule has 2 rings (SSSR count). The van der Waals surface area contributed by atoms with Crippen molar-refractivity contribution < 1.29 is 9.59 Å². The third kappa shape index (κ3) is 3.10. The van der Waals surface area contributed by atoms with E-state index in [0.29, 0.717) is 18.7 Å². The van der Waals surface area contributed by atoms with Crippen molar-refractivity contribution >= 4 is 17.6 Å². The molecule has 0 spiro atoms. The van der Waals surface area contributed by atoms with E-state index >= 15 is 0 Å². The van der Waals surface area contributed by atoms with Gasteiger partial charge in [0.15, 0.2) is 0 Å². The Labute approximate surface area is 119 Å². The number of carbonyl (C=O) groups is 2. The average molecular weight is 275 g/mol. The van der Waals surface area contributed by atoms with E-state index < -0.39 is 0 Å². The Morgan fingerprint density at radius 2 is 1.95 bits per heavy atom. The van der Waals surface area contributed by atoms with Gasteiger partial charge in [-0.05, 0) is 37.1 Å². The lowest BCUT2D eigenvalue weighted by Gasteiger charge is -2.16. The number of carbonyl (C=O) groups excluding carboxylic acids is 2. The van der Waals surface area contributed by atoms with Gasteiger partial charge in [0.25, 0.3) is 5.91 Å².